The lowest BCUT2D eigenvalue weighted by Gasteiger charge is -2.12. The van der Waals surface area contributed by atoms with Crippen molar-refractivity contribution in [3.63, 3.8) is 0 Å². The summed E-state index contributed by atoms with van der Waals surface area (Å²) in [6, 6.07) is 32.8. The molecule has 0 saturated carbocycles. The molecule has 0 aliphatic heterocycles. The minimum Gasteiger partial charge on any atom is -0.251 e. The molecule has 0 bridgehead atoms. The van der Waals surface area contributed by atoms with Gasteiger partial charge in [0.25, 0.3) is 0 Å². The van der Waals surface area contributed by atoms with Crippen LogP contribution in [0.1, 0.15) is 11.3 Å². The first kappa shape index (κ1) is 20.2. The van der Waals surface area contributed by atoms with Gasteiger partial charge in [-0.1, -0.05) is 78.9 Å². The van der Waals surface area contributed by atoms with Crippen LogP contribution >= 0.6 is 0 Å². The van der Waals surface area contributed by atoms with Gasteiger partial charge in [-0.2, -0.15) is 0 Å². The zero-order chi connectivity index (χ0) is 23.1. The zero-order valence-corrected chi connectivity index (χ0v) is 19.0. The minimum absolute atomic E-state index is 0.684. The molecule has 4 heteroatoms. The van der Waals surface area contributed by atoms with Crippen LogP contribution in [0.2, 0.25) is 0 Å². The summed E-state index contributed by atoms with van der Waals surface area (Å²) in [5.74, 6) is 0.684. The highest BCUT2D eigenvalue weighted by Gasteiger charge is 2.14. The van der Waals surface area contributed by atoms with Crippen LogP contribution in [0.4, 0.5) is 0 Å². The summed E-state index contributed by atoms with van der Waals surface area (Å²) in [7, 11) is 0. The molecule has 3 aromatic heterocycles. The number of aromatic nitrogens is 4. The SMILES string of the molecule is Cc1ccc2ccc3c(C)cc(-c4cc(-c5ccccc5)nc(-c5ccccc5)n4)nc3c2n1. The molecule has 0 amide bonds. The monoisotopic (exact) mass is 438 g/mol. The average Bonchev–Trinajstić information content (AvgIpc) is 2.89. The lowest BCUT2D eigenvalue weighted by atomic mass is 10.0. The number of rotatable bonds is 3. The zero-order valence-electron chi connectivity index (χ0n) is 19.0. The summed E-state index contributed by atoms with van der Waals surface area (Å²) in [6.07, 6.45) is 0. The van der Waals surface area contributed by atoms with Crippen LogP contribution in [0.5, 0.6) is 0 Å². The van der Waals surface area contributed by atoms with Crippen LogP contribution < -0.4 is 0 Å². The van der Waals surface area contributed by atoms with E-state index in [1.165, 1.54) is 0 Å². The third kappa shape index (κ3) is 3.59. The summed E-state index contributed by atoms with van der Waals surface area (Å²) in [6.45, 7) is 4.13. The summed E-state index contributed by atoms with van der Waals surface area (Å²) in [4.78, 5) is 19.8. The van der Waals surface area contributed by atoms with Gasteiger partial charge in [0, 0.05) is 27.6 Å². The highest BCUT2D eigenvalue weighted by atomic mass is 14.9. The largest absolute Gasteiger partial charge is 0.251 e. The number of nitrogens with zero attached hydrogens (tertiary/aromatic N) is 4. The third-order valence-electron chi connectivity index (χ3n) is 6.08. The molecule has 3 aromatic carbocycles. The second-order valence-corrected chi connectivity index (χ2v) is 8.50. The molecule has 0 aliphatic rings. The van der Waals surface area contributed by atoms with Gasteiger partial charge < -0.3 is 0 Å². The van der Waals surface area contributed by atoms with Crippen LogP contribution in [0.15, 0.2) is 97.1 Å². The topological polar surface area (TPSA) is 51.6 Å². The molecule has 162 valence electrons. The predicted molar refractivity (Wildman–Crippen MR) is 138 cm³/mol. The van der Waals surface area contributed by atoms with E-state index in [1.807, 2.05) is 67.6 Å². The Morgan fingerprint density at radius 3 is 1.91 bits per heavy atom. The van der Waals surface area contributed by atoms with E-state index in [2.05, 4.69) is 43.3 Å². The predicted octanol–water partition coefficient (Wildman–Crippen LogP) is 7.19. The number of hydrogen-bond acceptors (Lipinski definition) is 4. The molecule has 0 atom stereocenters. The van der Waals surface area contributed by atoms with E-state index in [9.17, 15) is 0 Å². The molecule has 0 radical (unpaired) electrons. The van der Waals surface area contributed by atoms with Gasteiger partial charge in [-0.3, -0.25) is 4.98 Å². The van der Waals surface area contributed by atoms with Crippen LogP contribution in [-0.4, -0.2) is 19.9 Å². The standard InChI is InChI=1S/C30H22N4/c1-19-17-26(32-29-24(19)16-15-22-14-13-20(2)31-28(22)29)27-18-25(21-9-5-3-6-10-21)33-30(34-27)23-11-7-4-8-12-23/h3-18H,1-2H3. The molecule has 0 aliphatic carbocycles. The second-order valence-electron chi connectivity index (χ2n) is 8.50. The van der Waals surface area contributed by atoms with E-state index in [4.69, 9.17) is 19.9 Å². The van der Waals surface area contributed by atoms with Gasteiger partial charge in [0.15, 0.2) is 5.82 Å². The van der Waals surface area contributed by atoms with Crippen molar-refractivity contribution in [1.29, 1.82) is 0 Å². The minimum atomic E-state index is 0.684. The molecule has 3 heterocycles. The first-order valence-corrected chi connectivity index (χ1v) is 11.3. The molecule has 34 heavy (non-hydrogen) atoms. The van der Waals surface area contributed by atoms with Crippen molar-refractivity contribution in [2.75, 3.05) is 0 Å². The van der Waals surface area contributed by atoms with Crippen LogP contribution in [0.3, 0.4) is 0 Å². The fourth-order valence-electron chi connectivity index (χ4n) is 4.32. The van der Waals surface area contributed by atoms with Gasteiger partial charge in [-0.05, 0) is 37.6 Å². The highest BCUT2D eigenvalue weighted by Crippen LogP contribution is 2.31. The Morgan fingerprint density at radius 1 is 0.500 bits per heavy atom. The quantitative estimate of drug-likeness (QED) is 0.274. The molecule has 6 aromatic rings. The number of pyridine rings is 2. The van der Waals surface area contributed by atoms with Crippen molar-refractivity contribution < 1.29 is 0 Å². The average molecular weight is 439 g/mol. The molecule has 0 unspecified atom stereocenters. The Kier molecular flexibility index (Phi) is 4.84. The lowest BCUT2D eigenvalue weighted by molar-refractivity contribution is 1.17. The smallest absolute Gasteiger partial charge is 0.160 e. The first-order chi connectivity index (χ1) is 16.7. The maximum Gasteiger partial charge on any atom is 0.160 e. The van der Waals surface area contributed by atoms with E-state index in [1.54, 1.807) is 0 Å². The van der Waals surface area contributed by atoms with Crippen molar-refractivity contribution in [2.45, 2.75) is 13.8 Å². The Bertz CT molecular complexity index is 1600. The maximum atomic E-state index is 5.09. The van der Waals surface area contributed by atoms with Crippen LogP contribution in [-0.2, 0) is 0 Å². The summed E-state index contributed by atoms with van der Waals surface area (Å²) >= 11 is 0. The van der Waals surface area contributed by atoms with Gasteiger partial charge in [0.1, 0.15) is 0 Å². The van der Waals surface area contributed by atoms with Crippen molar-refractivity contribution >= 4 is 21.8 Å². The van der Waals surface area contributed by atoms with Crippen LogP contribution in [0.25, 0.3) is 55.8 Å². The van der Waals surface area contributed by atoms with Gasteiger partial charge in [-0.25, -0.2) is 15.0 Å². The molecule has 0 saturated heterocycles. The summed E-state index contributed by atoms with van der Waals surface area (Å²) < 4.78 is 0. The first-order valence-electron chi connectivity index (χ1n) is 11.3. The lowest BCUT2D eigenvalue weighted by Crippen LogP contribution is -1.98. The van der Waals surface area contributed by atoms with E-state index in [0.29, 0.717) is 5.82 Å². The van der Waals surface area contributed by atoms with Crippen molar-refractivity contribution in [3.8, 4) is 34.0 Å². The molecular weight excluding hydrogens is 416 g/mol. The molecule has 4 nitrogen and oxygen atoms in total. The van der Waals surface area contributed by atoms with Crippen molar-refractivity contribution in [1.82, 2.24) is 19.9 Å². The van der Waals surface area contributed by atoms with Gasteiger partial charge >= 0.3 is 0 Å². The Morgan fingerprint density at radius 2 is 1.15 bits per heavy atom. The Labute approximate surface area is 198 Å². The van der Waals surface area contributed by atoms with Gasteiger partial charge in [-0.15, -0.1) is 0 Å². The van der Waals surface area contributed by atoms with Crippen molar-refractivity contribution in [2.24, 2.45) is 0 Å². The second kappa shape index (κ2) is 8.16. The maximum absolute atomic E-state index is 5.09. The summed E-state index contributed by atoms with van der Waals surface area (Å²) in [5.41, 5.74) is 8.44. The molecular formula is C30H22N4. The fourth-order valence-corrected chi connectivity index (χ4v) is 4.32. The summed E-state index contributed by atoms with van der Waals surface area (Å²) in [5, 5.41) is 2.19. The van der Waals surface area contributed by atoms with E-state index in [-0.39, 0.29) is 0 Å². The third-order valence-corrected chi connectivity index (χ3v) is 6.08. The van der Waals surface area contributed by atoms with E-state index < -0.39 is 0 Å². The van der Waals surface area contributed by atoms with Crippen molar-refractivity contribution in [3.05, 3.63) is 108 Å². The van der Waals surface area contributed by atoms with E-state index >= 15 is 0 Å². The number of benzene rings is 3. The van der Waals surface area contributed by atoms with E-state index in [0.717, 1.165) is 61.3 Å². The number of fused-ring (bicyclic) bond motifs is 3. The number of aryl methyl sites for hydroxylation is 2. The molecule has 6 rings (SSSR count). The Balaban J connectivity index is 1.62. The number of hydrogen-bond donors (Lipinski definition) is 0. The fraction of sp³-hybridized carbons (Fsp3) is 0.0667. The van der Waals surface area contributed by atoms with Gasteiger partial charge in [0.05, 0.1) is 28.1 Å². The van der Waals surface area contributed by atoms with Gasteiger partial charge in [0.2, 0.25) is 0 Å². The Hall–Kier alpha value is -4.44. The molecule has 0 fully saturated rings. The highest BCUT2D eigenvalue weighted by molar-refractivity contribution is 6.04. The van der Waals surface area contributed by atoms with Crippen LogP contribution in [0, 0.1) is 13.8 Å². The molecule has 0 N–H and O–H groups in total. The normalized spacial score (nSPS) is 11.2. The molecule has 0 spiro atoms.